The lowest BCUT2D eigenvalue weighted by Gasteiger charge is -2.37. The fourth-order valence-electron chi connectivity index (χ4n) is 5.76. The van der Waals surface area contributed by atoms with E-state index in [1.54, 1.807) is 11.3 Å². The van der Waals surface area contributed by atoms with E-state index in [0.717, 1.165) is 49.1 Å². The van der Waals surface area contributed by atoms with Crippen LogP contribution in [0.1, 0.15) is 38.9 Å². The van der Waals surface area contributed by atoms with Crippen LogP contribution in [0.5, 0.6) is 5.75 Å². The molecule has 0 atom stereocenters. The van der Waals surface area contributed by atoms with Gasteiger partial charge in [0.2, 0.25) is 0 Å². The quantitative estimate of drug-likeness (QED) is 0.136. The van der Waals surface area contributed by atoms with Gasteiger partial charge < -0.3 is 14.2 Å². The third-order valence-corrected chi connectivity index (χ3v) is 8.94. The van der Waals surface area contributed by atoms with Gasteiger partial charge in [0.25, 0.3) is 0 Å². The number of rotatable bonds is 8. The predicted molar refractivity (Wildman–Crippen MR) is 167 cm³/mol. The molecule has 2 heterocycles. The summed E-state index contributed by atoms with van der Waals surface area (Å²) in [5.41, 5.74) is 4.44. The summed E-state index contributed by atoms with van der Waals surface area (Å²) in [6, 6.07) is 44.9. The Bertz CT molecular complexity index is 1730. The summed E-state index contributed by atoms with van der Waals surface area (Å²) in [5, 5.41) is 0.957. The van der Waals surface area contributed by atoms with Crippen LogP contribution in [0, 0.1) is 0 Å². The standard InChI is InChI=1S/C37H28O4S/c38-25-32-30-18-10-11-19-34(30)42-35(32)26-20-21-33(31(24-26)36-39-22-23-40-36)41-37(27-12-4-1-5-13-27,28-14-6-2-7-15-28)29-16-8-3-9-17-29/h1-21,24-25,36H,22-23H2. The van der Waals surface area contributed by atoms with Crippen LogP contribution in [-0.4, -0.2) is 19.5 Å². The molecule has 6 aromatic rings. The Kier molecular flexibility index (Phi) is 7.14. The zero-order valence-corrected chi connectivity index (χ0v) is 23.6. The topological polar surface area (TPSA) is 44.8 Å². The summed E-state index contributed by atoms with van der Waals surface area (Å²) in [7, 11) is 0. The molecule has 0 saturated carbocycles. The predicted octanol–water partition coefficient (Wildman–Crippen LogP) is 8.80. The summed E-state index contributed by atoms with van der Waals surface area (Å²) >= 11 is 1.61. The molecular weight excluding hydrogens is 540 g/mol. The van der Waals surface area contributed by atoms with Crippen molar-refractivity contribution in [3.63, 3.8) is 0 Å². The molecule has 5 aromatic carbocycles. The molecule has 0 N–H and O–H groups in total. The van der Waals surface area contributed by atoms with Crippen molar-refractivity contribution in [1.29, 1.82) is 0 Å². The van der Waals surface area contributed by atoms with Gasteiger partial charge in [-0.15, -0.1) is 11.3 Å². The Morgan fingerprint density at radius 1 is 0.690 bits per heavy atom. The van der Waals surface area contributed by atoms with Crippen molar-refractivity contribution in [1.82, 2.24) is 0 Å². The summed E-state index contributed by atoms with van der Waals surface area (Å²) in [6.45, 7) is 0.996. The molecule has 0 aliphatic carbocycles. The normalized spacial score (nSPS) is 13.8. The van der Waals surface area contributed by atoms with Gasteiger partial charge in [-0.05, 0) is 29.8 Å². The third-order valence-electron chi connectivity index (χ3n) is 7.70. The number of hydrogen-bond donors (Lipinski definition) is 0. The van der Waals surface area contributed by atoms with Crippen molar-refractivity contribution in [2.45, 2.75) is 11.9 Å². The second kappa shape index (κ2) is 11.4. The summed E-state index contributed by atoms with van der Waals surface area (Å²) in [5.74, 6) is 0.649. The number of fused-ring (bicyclic) bond motifs is 1. The van der Waals surface area contributed by atoms with E-state index in [0.29, 0.717) is 24.5 Å². The van der Waals surface area contributed by atoms with Gasteiger partial charge >= 0.3 is 0 Å². The number of carbonyl (C=O) groups is 1. The van der Waals surface area contributed by atoms with E-state index in [9.17, 15) is 4.79 Å². The SMILES string of the molecule is O=Cc1c(-c2ccc(OC(c3ccccc3)(c3ccccc3)c3ccccc3)c(C3OCCO3)c2)sc2ccccc12. The van der Waals surface area contributed by atoms with Crippen molar-refractivity contribution in [2.75, 3.05) is 13.2 Å². The second-order valence-corrected chi connectivity index (χ2v) is 11.2. The van der Waals surface area contributed by atoms with Crippen LogP contribution in [0.3, 0.4) is 0 Å². The molecule has 0 radical (unpaired) electrons. The number of hydrogen-bond acceptors (Lipinski definition) is 5. The molecule has 1 aliphatic rings. The minimum Gasteiger partial charge on any atom is -0.473 e. The zero-order valence-electron chi connectivity index (χ0n) is 22.8. The van der Waals surface area contributed by atoms with Gasteiger partial charge in [-0.25, -0.2) is 0 Å². The van der Waals surface area contributed by atoms with Crippen molar-refractivity contribution < 1.29 is 19.0 Å². The summed E-state index contributed by atoms with van der Waals surface area (Å²) < 4.78 is 20.5. The van der Waals surface area contributed by atoms with E-state index >= 15 is 0 Å². The first kappa shape index (κ1) is 26.4. The number of ether oxygens (including phenoxy) is 3. The molecule has 5 heteroatoms. The maximum atomic E-state index is 12.3. The van der Waals surface area contributed by atoms with Gasteiger partial charge in [0.15, 0.2) is 18.2 Å². The Morgan fingerprint density at radius 3 is 1.81 bits per heavy atom. The molecule has 0 unspecified atom stereocenters. The highest BCUT2D eigenvalue weighted by Crippen LogP contribution is 2.46. The molecule has 42 heavy (non-hydrogen) atoms. The molecule has 206 valence electrons. The van der Waals surface area contributed by atoms with E-state index in [-0.39, 0.29) is 0 Å². The van der Waals surface area contributed by atoms with Gasteiger partial charge in [0.05, 0.1) is 18.8 Å². The highest BCUT2D eigenvalue weighted by molar-refractivity contribution is 7.22. The first-order chi connectivity index (χ1) is 20.8. The van der Waals surface area contributed by atoms with Gasteiger partial charge in [-0.2, -0.15) is 0 Å². The largest absolute Gasteiger partial charge is 0.473 e. The van der Waals surface area contributed by atoms with E-state index in [1.807, 2.05) is 91.0 Å². The first-order valence-corrected chi connectivity index (χ1v) is 14.8. The summed E-state index contributed by atoms with van der Waals surface area (Å²) in [4.78, 5) is 13.2. The summed E-state index contributed by atoms with van der Waals surface area (Å²) in [6.07, 6.45) is 0.362. The monoisotopic (exact) mass is 568 g/mol. The minimum atomic E-state index is -0.954. The number of benzene rings is 5. The fraction of sp³-hybridized carbons (Fsp3) is 0.108. The third kappa shape index (κ3) is 4.62. The van der Waals surface area contributed by atoms with Crippen LogP contribution < -0.4 is 4.74 Å². The van der Waals surface area contributed by atoms with Gasteiger partial charge in [-0.3, -0.25) is 4.79 Å². The lowest BCUT2D eigenvalue weighted by atomic mass is 9.80. The molecule has 4 nitrogen and oxygen atoms in total. The number of thiophene rings is 1. The van der Waals surface area contributed by atoms with Crippen LogP contribution in [0.4, 0.5) is 0 Å². The lowest BCUT2D eigenvalue weighted by Crippen LogP contribution is -2.36. The second-order valence-electron chi connectivity index (χ2n) is 10.2. The minimum absolute atomic E-state index is 0.498. The highest BCUT2D eigenvalue weighted by Gasteiger charge is 2.40. The maximum absolute atomic E-state index is 12.3. The highest BCUT2D eigenvalue weighted by atomic mass is 32.1. The van der Waals surface area contributed by atoms with Crippen molar-refractivity contribution in [3.05, 3.63) is 161 Å². The van der Waals surface area contributed by atoms with E-state index in [4.69, 9.17) is 14.2 Å². The van der Waals surface area contributed by atoms with Crippen LogP contribution in [-0.2, 0) is 15.1 Å². The number of aldehydes is 1. The lowest BCUT2D eigenvalue weighted by molar-refractivity contribution is -0.0469. The van der Waals surface area contributed by atoms with Gasteiger partial charge in [0.1, 0.15) is 5.75 Å². The molecule has 1 aliphatic heterocycles. The van der Waals surface area contributed by atoms with Crippen LogP contribution in [0.2, 0.25) is 0 Å². The molecular formula is C37H28O4S. The average Bonchev–Trinajstić information content (AvgIpc) is 3.74. The van der Waals surface area contributed by atoms with E-state index in [2.05, 4.69) is 42.5 Å². The van der Waals surface area contributed by atoms with Crippen molar-refractivity contribution in [3.8, 4) is 16.2 Å². The van der Waals surface area contributed by atoms with E-state index in [1.165, 1.54) is 0 Å². The van der Waals surface area contributed by atoms with Gasteiger partial charge in [-0.1, -0.05) is 109 Å². The van der Waals surface area contributed by atoms with Crippen LogP contribution in [0.15, 0.2) is 133 Å². The Hall–Kier alpha value is -4.55. The smallest absolute Gasteiger partial charge is 0.187 e. The van der Waals surface area contributed by atoms with Crippen LogP contribution in [0.25, 0.3) is 20.5 Å². The molecule has 0 amide bonds. The Morgan fingerprint density at radius 2 is 1.24 bits per heavy atom. The fourth-order valence-corrected chi connectivity index (χ4v) is 6.93. The first-order valence-electron chi connectivity index (χ1n) is 14.0. The van der Waals surface area contributed by atoms with Crippen molar-refractivity contribution in [2.24, 2.45) is 0 Å². The molecule has 1 fully saturated rings. The van der Waals surface area contributed by atoms with Crippen LogP contribution >= 0.6 is 11.3 Å². The van der Waals surface area contributed by atoms with E-state index < -0.39 is 11.9 Å². The molecule has 1 aromatic heterocycles. The Labute approximate surface area is 248 Å². The zero-order chi connectivity index (χ0) is 28.4. The van der Waals surface area contributed by atoms with Gasteiger partial charge in [0, 0.05) is 37.2 Å². The number of carbonyl (C=O) groups excluding carboxylic acids is 1. The molecule has 0 bridgehead atoms. The van der Waals surface area contributed by atoms with Crippen molar-refractivity contribution >= 4 is 27.7 Å². The molecule has 1 saturated heterocycles. The molecule has 7 rings (SSSR count). The average molecular weight is 569 g/mol. The maximum Gasteiger partial charge on any atom is 0.187 e. The molecule has 0 spiro atoms. The Balaban J connectivity index is 1.44.